The van der Waals surface area contributed by atoms with E-state index in [9.17, 15) is 4.79 Å². The largest absolute Gasteiger partial charge is 0.497 e. The monoisotopic (exact) mass is 328 g/mol. The Morgan fingerprint density at radius 1 is 1.50 bits per heavy atom. The number of carbonyl (C=O) groups is 1. The summed E-state index contributed by atoms with van der Waals surface area (Å²) in [5.41, 5.74) is 2.23. The number of carboxylic acid groups (broad SMARTS) is 1. The summed E-state index contributed by atoms with van der Waals surface area (Å²) in [6.07, 6.45) is 0. The minimum Gasteiger partial charge on any atom is -0.497 e. The topological polar surface area (TPSA) is 71.5 Å². The van der Waals surface area contributed by atoms with E-state index in [-0.39, 0.29) is 5.69 Å². The van der Waals surface area contributed by atoms with Crippen LogP contribution in [0.2, 0.25) is 0 Å². The Morgan fingerprint density at radius 2 is 2.28 bits per heavy atom. The number of hydrogen-bond donors (Lipinski definition) is 2. The third-order valence-electron chi connectivity index (χ3n) is 2.13. The van der Waals surface area contributed by atoms with Gasteiger partial charge in [0.05, 0.1) is 12.6 Å². The Hall–Kier alpha value is -1.60. The Balaban J connectivity index is 2.31. The number of benzene rings is 1. The van der Waals surface area contributed by atoms with Crippen LogP contribution in [0.15, 0.2) is 28.2 Å². The molecule has 2 aromatic rings. The lowest BCUT2D eigenvalue weighted by Crippen LogP contribution is -2.01. The molecule has 2 rings (SSSR count). The second kappa shape index (κ2) is 5.36. The van der Waals surface area contributed by atoms with E-state index < -0.39 is 5.97 Å². The highest BCUT2D eigenvalue weighted by molar-refractivity contribution is 9.10. The number of halogens is 1. The van der Waals surface area contributed by atoms with Crippen molar-refractivity contribution in [2.24, 2.45) is 0 Å². The number of anilines is 2. The van der Waals surface area contributed by atoms with Crippen LogP contribution in [0.5, 0.6) is 5.75 Å². The Kier molecular flexibility index (Phi) is 3.83. The number of rotatable bonds is 4. The van der Waals surface area contributed by atoms with E-state index in [1.165, 1.54) is 16.8 Å². The molecule has 0 atom stereocenters. The lowest BCUT2D eigenvalue weighted by Gasteiger charge is -2.07. The van der Waals surface area contributed by atoms with Crippen LogP contribution in [-0.2, 0) is 0 Å². The average molecular weight is 329 g/mol. The number of thiazole rings is 1. The van der Waals surface area contributed by atoms with Gasteiger partial charge in [-0.3, -0.25) is 0 Å². The van der Waals surface area contributed by atoms with E-state index >= 15 is 0 Å². The van der Waals surface area contributed by atoms with Gasteiger partial charge in [0.1, 0.15) is 10.8 Å². The highest BCUT2D eigenvalue weighted by Gasteiger charge is 2.13. The molecule has 94 valence electrons. The van der Waals surface area contributed by atoms with E-state index in [1.807, 2.05) is 12.1 Å². The predicted molar refractivity (Wildman–Crippen MR) is 73.1 cm³/mol. The van der Waals surface area contributed by atoms with Gasteiger partial charge in [0, 0.05) is 16.2 Å². The molecule has 0 radical (unpaired) electrons. The maximum absolute atomic E-state index is 10.9. The van der Waals surface area contributed by atoms with E-state index in [0.717, 1.165) is 10.2 Å². The quantitative estimate of drug-likeness (QED) is 0.900. The number of carboxylic acids is 1. The molecule has 0 saturated carbocycles. The summed E-state index contributed by atoms with van der Waals surface area (Å²) in [4.78, 5) is 14.7. The number of nitrogens with zero attached hydrogens (tertiary/aromatic N) is 1. The first kappa shape index (κ1) is 12.8. The van der Waals surface area contributed by atoms with Gasteiger partial charge in [0.25, 0.3) is 0 Å². The molecule has 18 heavy (non-hydrogen) atoms. The summed E-state index contributed by atoms with van der Waals surface area (Å²) < 4.78 is 5.97. The normalized spacial score (nSPS) is 10.1. The van der Waals surface area contributed by atoms with E-state index in [4.69, 9.17) is 9.84 Å². The van der Waals surface area contributed by atoms with Crippen molar-refractivity contribution in [1.82, 2.24) is 4.98 Å². The maximum atomic E-state index is 10.9. The molecule has 1 aromatic carbocycles. The van der Waals surface area contributed by atoms with Crippen LogP contribution in [-0.4, -0.2) is 23.2 Å². The standard InChI is InChI=1S/C11H9BrN2O3S/c1-17-8-3-6(12)2-7(4-8)14-10-9(11(15)16)13-5-18-10/h2-5,14H,1H3,(H,15,16). The first-order valence-corrected chi connectivity index (χ1v) is 6.56. The summed E-state index contributed by atoms with van der Waals surface area (Å²) in [5, 5.41) is 12.5. The number of hydrogen-bond acceptors (Lipinski definition) is 5. The molecular weight excluding hydrogens is 320 g/mol. The second-order valence-electron chi connectivity index (χ2n) is 3.34. The average Bonchev–Trinajstić information content (AvgIpc) is 2.76. The molecule has 0 saturated heterocycles. The van der Waals surface area contributed by atoms with Crippen molar-refractivity contribution in [2.75, 3.05) is 12.4 Å². The highest BCUT2D eigenvalue weighted by Crippen LogP contribution is 2.29. The van der Waals surface area contributed by atoms with Crippen molar-refractivity contribution in [3.05, 3.63) is 33.9 Å². The molecule has 0 aliphatic rings. The van der Waals surface area contributed by atoms with Crippen LogP contribution in [0.25, 0.3) is 0 Å². The Morgan fingerprint density at radius 3 is 2.94 bits per heavy atom. The molecular formula is C11H9BrN2O3S. The molecule has 0 aliphatic carbocycles. The van der Waals surface area contributed by atoms with Crippen molar-refractivity contribution in [3.8, 4) is 5.75 Å². The van der Waals surface area contributed by atoms with Gasteiger partial charge in [-0.25, -0.2) is 9.78 Å². The van der Waals surface area contributed by atoms with E-state index in [2.05, 4.69) is 26.2 Å². The molecule has 1 aromatic heterocycles. The van der Waals surface area contributed by atoms with Gasteiger partial charge >= 0.3 is 5.97 Å². The molecule has 1 heterocycles. The van der Waals surface area contributed by atoms with Crippen LogP contribution in [0.1, 0.15) is 10.5 Å². The Bertz CT molecular complexity index is 585. The number of aromatic nitrogens is 1. The molecule has 2 N–H and O–H groups in total. The zero-order valence-electron chi connectivity index (χ0n) is 9.31. The minimum atomic E-state index is -1.05. The predicted octanol–water partition coefficient (Wildman–Crippen LogP) is 3.36. The summed E-state index contributed by atoms with van der Waals surface area (Å²) >= 11 is 4.59. The fourth-order valence-electron chi connectivity index (χ4n) is 1.37. The van der Waals surface area contributed by atoms with E-state index in [1.54, 1.807) is 13.2 Å². The zero-order chi connectivity index (χ0) is 13.1. The van der Waals surface area contributed by atoms with Gasteiger partial charge in [-0.1, -0.05) is 15.9 Å². The smallest absolute Gasteiger partial charge is 0.357 e. The third kappa shape index (κ3) is 2.80. The third-order valence-corrected chi connectivity index (χ3v) is 3.33. The molecule has 0 amide bonds. The SMILES string of the molecule is COc1cc(Br)cc(Nc2scnc2C(=O)O)c1. The van der Waals surface area contributed by atoms with Crippen molar-refractivity contribution >= 4 is 43.9 Å². The summed E-state index contributed by atoms with van der Waals surface area (Å²) in [6.45, 7) is 0. The van der Waals surface area contributed by atoms with Gasteiger partial charge in [0.2, 0.25) is 0 Å². The first-order chi connectivity index (χ1) is 8.60. The highest BCUT2D eigenvalue weighted by atomic mass is 79.9. The molecule has 5 nitrogen and oxygen atoms in total. The Labute approximate surface area is 116 Å². The van der Waals surface area contributed by atoms with Crippen LogP contribution >= 0.6 is 27.3 Å². The van der Waals surface area contributed by atoms with Gasteiger partial charge < -0.3 is 15.2 Å². The van der Waals surface area contributed by atoms with Crippen molar-refractivity contribution in [1.29, 1.82) is 0 Å². The minimum absolute atomic E-state index is 0.0129. The van der Waals surface area contributed by atoms with Crippen LogP contribution in [0, 0.1) is 0 Å². The van der Waals surface area contributed by atoms with E-state index in [0.29, 0.717) is 10.8 Å². The number of nitrogens with one attached hydrogen (secondary N) is 1. The van der Waals surface area contributed by atoms with Gasteiger partial charge in [0.15, 0.2) is 5.69 Å². The molecule has 0 aliphatic heterocycles. The van der Waals surface area contributed by atoms with Crippen LogP contribution in [0.4, 0.5) is 10.7 Å². The molecule has 0 bridgehead atoms. The fraction of sp³-hybridized carbons (Fsp3) is 0.0909. The van der Waals surface area contributed by atoms with Crippen molar-refractivity contribution < 1.29 is 14.6 Å². The fourth-order valence-corrected chi connectivity index (χ4v) is 2.54. The van der Waals surface area contributed by atoms with Gasteiger partial charge in [-0.2, -0.15) is 0 Å². The van der Waals surface area contributed by atoms with Gasteiger partial charge in [-0.05, 0) is 12.1 Å². The number of aromatic carboxylic acids is 1. The van der Waals surface area contributed by atoms with Gasteiger partial charge in [-0.15, -0.1) is 11.3 Å². The van der Waals surface area contributed by atoms with Crippen LogP contribution < -0.4 is 10.1 Å². The van der Waals surface area contributed by atoms with Crippen molar-refractivity contribution in [3.63, 3.8) is 0 Å². The van der Waals surface area contributed by atoms with Crippen LogP contribution in [0.3, 0.4) is 0 Å². The molecule has 0 unspecified atom stereocenters. The molecule has 7 heteroatoms. The number of methoxy groups -OCH3 is 1. The molecule has 0 spiro atoms. The summed E-state index contributed by atoms with van der Waals surface area (Å²) in [7, 11) is 1.57. The number of ether oxygens (including phenoxy) is 1. The lowest BCUT2D eigenvalue weighted by atomic mass is 10.3. The summed E-state index contributed by atoms with van der Waals surface area (Å²) in [5.74, 6) is -0.381. The van der Waals surface area contributed by atoms with Crippen molar-refractivity contribution in [2.45, 2.75) is 0 Å². The summed E-state index contributed by atoms with van der Waals surface area (Å²) in [6, 6.07) is 5.42. The first-order valence-electron chi connectivity index (χ1n) is 4.88. The second-order valence-corrected chi connectivity index (χ2v) is 5.11. The zero-order valence-corrected chi connectivity index (χ0v) is 11.7. The maximum Gasteiger partial charge on any atom is 0.357 e. The molecule has 0 fully saturated rings. The lowest BCUT2D eigenvalue weighted by molar-refractivity contribution is 0.0692.